The number of ether oxygens (including phenoxy) is 1. The number of anilines is 1. The summed E-state index contributed by atoms with van der Waals surface area (Å²) in [6.45, 7) is -0.568. The smallest absolute Gasteiger partial charge is 0.341 e. The standard InChI is InChI=1S/C18H12BrIN2O5/c19-15-7-12(20)6-10(17(15)27-9-16(24)25)5-11(8-21)18(26)22-13-1-3-14(23)4-2-13/h1-7,23H,9H2,(H,22,26)(H,24,25)/b11-5-. The zero-order valence-electron chi connectivity index (χ0n) is 13.6. The van der Waals surface area contributed by atoms with Crippen molar-refractivity contribution in [3.63, 3.8) is 0 Å². The minimum absolute atomic E-state index is 0.0491. The summed E-state index contributed by atoms with van der Waals surface area (Å²) in [5, 5.41) is 30.0. The van der Waals surface area contributed by atoms with Gasteiger partial charge in [-0.2, -0.15) is 5.26 Å². The quantitative estimate of drug-likeness (QED) is 0.221. The lowest BCUT2D eigenvalue weighted by Crippen LogP contribution is -2.14. The van der Waals surface area contributed by atoms with E-state index in [4.69, 9.17) is 9.84 Å². The summed E-state index contributed by atoms with van der Waals surface area (Å²) in [6.07, 6.45) is 1.32. The Hall–Kier alpha value is -2.58. The van der Waals surface area contributed by atoms with Crippen molar-refractivity contribution in [2.75, 3.05) is 11.9 Å². The fourth-order valence-corrected chi connectivity index (χ4v) is 3.69. The third kappa shape index (κ3) is 5.97. The molecule has 9 heteroatoms. The molecular weight excluding hydrogens is 531 g/mol. The lowest BCUT2D eigenvalue weighted by molar-refractivity contribution is -0.139. The van der Waals surface area contributed by atoms with E-state index in [-0.39, 0.29) is 17.1 Å². The fraction of sp³-hybridized carbons (Fsp3) is 0.0556. The third-order valence-corrected chi connectivity index (χ3v) is 4.38. The molecule has 2 aromatic rings. The van der Waals surface area contributed by atoms with Crippen LogP contribution in [0, 0.1) is 14.9 Å². The summed E-state index contributed by atoms with van der Waals surface area (Å²) in [6, 6.07) is 11.0. The van der Waals surface area contributed by atoms with Crippen LogP contribution >= 0.6 is 38.5 Å². The van der Waals surface area contributed by atoms with Gasteiger partial charge in [-0.1, -0.05) is 0 Å². The number of hydrogen-bond acceptors (Lipinski definition) is 5. The maximum atomic E-state index is 12.4. The molecule has 138 valence electrons. The second kappa shape index (κ2) is 9.38. The Morgan fingerprint density at radius 1 is 1.30 bits per heavy atom. The molecule has 0 saturated heterocycles. The van der Waals surface area contributed by atoms with Crippen LogP contribution in [0.3, 0.4) is 0 Å². The highest BCUT2D eigenvalue weighted by Crippen LogP contribution is 2.33. The zero-order valence-corrected chi connectivity index (χ0v) is 17.3. The normalized spacial score (nSPS) is 10.8. The second-order valence-corrected chi connectivity index (χ2v) is 7.26. The molecule has 0 unspecified atom stereocenters. The first-order chi connectivity index (χ1) is 12.8. The Kier molecular flexibility index (Phi) is 7.20. The van der Waals surface area contributed by atoms with Gasteiger partial charge < -0.3 is 20.3 Å². The molecule has 2 aromatic carbocycles. The molecule has 0 aliphatic heterocycles. The average Bonchev–Trinajstić information content (AvgIpc) is 2.60. The maximum Gasteiger partial charge on any atom is 0.341 e. The lowest BCUT2D eigenvalue weighted by Gasteiger charge is -2.11. The minimum atomic E-state index is -1.15. The molecule has 0 radical (unpaired) electrons. The van der Waals surface area contributed by atoms with E-state index < -0.39 is 18.5 Å². The maximum absolute atomic E-state index is 12.4. The number of nitriles is 1. The summed E-state index contributed by atoms with van der Waals surface area (Å²) < 4.78 is 6.57. The van der Waals surface area contributed by atoms with E-state index in [1.54, 1.807) is 12.1 Å². The minimum Gasteiger partial charge on any atom is -0.508 e. The summed E-state index contributed by atoms with van der Waals surface area (Å²) in [5.41, 5.74) is 0.592. The van der Waals surface area contributed by atoms with Crippen molar-refractivity contribution in [2.45, 2.75) is 0 Å². The van der Waals surface area contributed by atoms with Gasteiger partial charge >= 0.3 is 5.97 Å². The molecule has 0 aliphatic carbocycles. The summed E-state index contributed by atoms with van der Waals surface area (Å²) >= 11 is 5.35. The van der Waals surface area contributed by atoms with E-state index in [9.17, 15) is 20.0 Å². The Morgan fingerprint density at radius 2 is 1.96 bits per heavy atom. The summed E-state index contributed by atoms with van der Waals surface area (Å²) in [7, 11) is 0. The molecule has 0 spiro atoms. The van der Waals surface area contributed by atoms with Crippen LogP contribution in [0.25, 0.3) is 6.08 Å². The number of aromatic hydroxyl groups is 1. The van der Waals surface area contributed by atoms with Crippen LogP contribution in [0.15, 0.2) is 46.4 Å². The van der Waals surface area contributed by atoms with Gasteiger partial charge in [-0.15, -0.1) is 0 Å². The van der Waals surface area contributed by atoms with Crippen LogP contribution < -0.4 is 10.1 Å². The lowest BCUT2D eigenvalue weighted by atomic mass is 10.1. The first-order valence-corrected chi connectivity index (χ1v) is 9.23. The fourth-order valence-electron chi connectivity index (χ4n) is 2.02. The van der Waals surface area contributed by atoms with Gasteiger partial charge in [0.2, 0.25) is 0 Å². The van der Waals surface area contributed by atoms with Gasteiger partial charge in [0, 0.05) is 14.8 Å². The van der Waals surface area contributed by atoms with Gasteiger partial charge in [-0.25, -0.2) is 4.79 Å². The number of phenolic OH excluding ortho intramolecular Hbond substituents is 1. The van der Waals surface area contributed by atoms with Crippen LogP contribution in [0.5, 0.6) is 11.5 Å². The third-order valence-electron chi connectivity index (χ3n) is 3.17. The molecular formula is C18H12BrIN2O5. The van der Waals surface area contributed by atoms with Crippen LogP contribution in [-0.4, -0.2) is 28.7 Å². The highest BCUT2D eigenvalue weighted by Gasteiger charge is 2.15. The number of nitrogens with zero attached hydrogens (tertiary/aromatic N) is 1. The summed E-state index contributed by atoms with van der Waals surface area (Å²) in [5.74, 6) is -1.54. The predicted octanol–water partition coefficient (Wildman–Crippen LogP) is 3.77. The number of carbonyl (C=O) groups excluding carboxylic acids is 1. The molecule has 0 saturated carbocycles. The Balaban J connectivity index is 2.35. The number of aliphatic carboxylic acids is 1. The molecule has 0 bridgehead atoms. The topological polar surface area (TPSA) is 120 Å². The predicted molar refractivity (Wildman–Crippen MR) is 110 cm³/mol. The van der Waals surface area contributed by atoms with Crippen LogP contribution in [0.4, 0.5) is 5.69 Å². The van der Waals surface area contributed by atoms with E-state index in [1.165, 1.54) is 30.3 Å². The van der Waals surface area contributed by atoms with Gasteiger partial charge in [0.25, 0.3) is 5.91 Å². The van der Waals surface area contributed by atoms with Gasteiger partial charge in [-0.05, 0) is 81.0 Å². The second-order valence-electron chi connectivity index (χ2n) is 5.16. The molecule has 1 amide bonds. The number of nitrogens with one attached hydrogen (secondary N) is 1. The first kappa shape index (κ1) is 20.7. The van der Waals surface area contributed by atoms with E-state index in [1.807, 2.05) is 28.7 Å². The van der Waals surface area contributed by atoms with Gasteiger partial charge in [0.05, 0.1) is 4.47 Å². The number of amides is 1. The number of hydrogen-bond donors (Lipinski definition) is 3. The highest BCUT2D eigenvalue weighted by molar-refractivity contribution is 14.1. The van der Waals surface area contributed by atoms with Crippen molar-refractivity contribution in [1.82, 2.24) is 0 Å². The van der Waals surface area contributed by atoms with Gasteiger partial charge in [0.1, 0.15) is 23.1 Å². The highest BCUT2D eigenvalue weighted by atomic mass is 127. The Morgan fingerprint density at radius 3 is 2.56 bits per heavy atom. The van der Waals surface area contributed by atoms with Crippen molar-refractivity contribution in [3.05, 3.63) is 55.6 Å². The van der Waals surface area contributed by atoms with E-state index >= 15 is 0 Å². The molecule has 2 rings (SSSR count). The largest absolute Gasteiger partial charge is 0.508 e. The van der Waals surface area contributed by atoms with Gasteiger partial charge in [-0.3, -0.25) is 4.79 Å². The van der Waals surface area contributed by atoms with Crippen molar-refractivity contribution < 1.29 is 24.5 Å². The molecule has 3 N–H and O–H groups in total. The first-order valence-electron chi connectivity index (χ1n) is 7.36. The van der Waals surface area contributed by atoms with Crippen molar-refractivity contribution in [1.29, 1.82) is 5.26 Å². The average molecular weight is 543 g/mol. The monoisotopic (exact) mass is 542 g/mol. The van der Waals surface area contributed by atoms with Crippen LogP contribution in [0.2, 0.25) is 0 Å². The van der Waals surface area contributed by atoms with Crippen LogP contribution in [-0.2, 0) is 9.59 Å². The van der Waals surface area contributed by atoms with E-state index in [0.717, 1.165) is 3.57 Å². The number of carbonyl (C=O) groups is 2. The number of benzene rings is 2. The molecule has 0 heterocycles. The molecule has 0 fully saturated rings. The van der Waals surface area contributed by atoms with E-state index in [0.29, 0.717) is 15.7 Å². The number of carboxylic acids is 1. The number of rotatable bonds is 6. The van der Waals surface area contributed by atoms with Gasteiger partial charge in [0.15, 0.2) is 6.61 Å². The molecule has 0 aliphatic rings. The molecule has 0 aromatic heterocycles. The molecule has 7 nitrogen and oxygen atoms in total. The SMILES string of the molecule is N#C/C(=C/c1cc(I)cc(Br)c1OCC(=O)O)C(=O)Nc1ccc(O)cc1. The molecule has 0 atom stereocenters. The van der Waals surface area contributed by atoms with Crippen LogP contribution in [0.1, 0.15) is 5.56 Å². The number of carboxylic acid groups (broad SMARTS) is 1. The Labute approximate surface area is 176 Å². The summed E-state index contributed by atoms with van der Waals surface area (Å²) in [4.78, 5) is 23.2. The zero-order chi connectivity index (χ0) is 20.0. The number of halogens is 2. The van der Waals surface area contributed by atoms with Crippen molar-refractivity contribution in [3.8, 4) is 17.6 Å². The molecule has 27 heavy (non-hydrogen) atoms. The Bertz CT molecular complexity index is 951. The van der Waals surface area contributed by atoms with E-state index in [2.05, 4.69) is 21.2 Å². The van der Waals surface area contributed by atoms with Crippen molar-refractivity contribution in [2.24, 2.45) is 0 Å². The number of phenols is 1. The van der Waals surface area contributed by atoms with Crippen molar-refractivity contribution >= 4 is 62.2 Å².